The number of carbonyl (C=O) groups is 1. The molecule has 4 rings (SSSR count). The van der Waals surface area contributed by atoms with Gasteiger partial charge in [-0.05, 0) is 43.3 Å². The highest BCUT2D eigenvalue weighted by atomic mass is 32.1. The van der Waals surface area contributed by atoms with Gasteiger partial charge in [-0.15, -0.1) is 4.59 Å². The molecule has 1 aliphatic carbocycles. The summed E-state index contributed by atoms with van der Waals surface area (Å²) in [6.07, 6.45) is 6.16. The topological polar surface area (TPSA) is 61.7 Å². The molecule has 1 saturated carbocycles. The Morgan fingerprint density at radius 2 is 1.96 bits per heavy atom. The summed E-state index contributed by atoms with van der Waals surface area (Å²) < 4.78 is 0.553. The van der Waals surface area contributed by atoms with Gasteiger partial charge in [0.05, 0.1) is 12.2 Å². The monoisotopic (exact) mass is 384 g/mol. The predicted octanol–water partition coefficient (Wildman–Crippen LogP) is 4.18. The number of benzene rings is 1. The molecule has 2 aliphatic rings. The van der Waals surface area contributed by atoms with Gasteiger partial charge in [0.2, 0.25) is 5.00 Å². The largest absolute Gasteiger partial charge is 0.395 e. The Kier molecular flexibility index (Phi) is 5.12. The fraction of sp³-hybridized carbons (Fsp3) is 0.429. The van der Waals surface area contributed by atoms with Crippen molar-refractivity contribution < 1.29 is 9.90 Å². The average Bonchev–Trinajstić information content (AvgIpc) is 3.30. The van der Waals surface area contributed by atoms with Crippen LogP contribution in [-0.4, -0.2) is 35.9 Å². The van der Waals surface area contributed by atoms with Crippen molar-refractivity contribution in [1.29, 1.82) is 0 Å². The number of carbonyl (C=O) groups excluding carboxylic acids is 1. The quantitative estimate of drug-likeness (QED) is 0.760. The van der Waals surface area contributed by atoms with Crippen molar-refractivity contribution in [2.75, 3.05) is 13.2 Å². The second-order valence-electron chi connectivity index (χ2n) is 7.33. The minimum atomic E-state index is -0.155. The Balaban J connectivity index is 1.74. The van der Waals surface area contributed by atoms with Crippen LogP contribution in [0.3, 0.4) is 0 Å². The number of amides is 1. The van der Waals surface area contributed by atoms with Gasteiger partial charge in [0, 0.05) is 37.1 Å². The number of nitrogens with one attached hydrogen (secondary N) is 1. The molecule has 2 aromatic rings. The van der Waals surface area contributed by atoms with Crippen LogP contribution in [0.1, 0.15) is 54.9 Å². The molecule has 0 radical (unpaired) electrons. The van der Waals surface area contributed by atoms with Crippen LogP contribution in [0.4, 0.5) is 10.7 Å². The number of thiophene rings is 1. The molecule has 0 bridgehead atoms. The van der Waals surface area contributed by atoms with E-state index in [1.807, 2.05) is 24.3 Å². The summed E-state index contributed by atoms with van der Waals surface area (Å²) >= 11 is 1.78. The lowest BCUT2D eigenvalue weighted by molar-refractivity contribution is 0.0944. The second-order valence-corrected chi connectivity index (χ2v) is 8.22. The molecular weight excluding hydrogens is 358 g/mol. The normalized spacial score (nSPS) is 22.4. The van der Waals surface area contributed by atoms with E-state index in [0.29, 0.717) is 16.2 Å². The number of quaternary nitrogens is 1. The van der Waals surface area contributed by atoms with Crippen LogP contribution < -0.4 is 9.91 Å². The lowest BCUT2D eigenvalue weighted by Crippen LogP contribution is -2.47. The fourth-order valence-corrected chi connectivity index (χ4v) is 5.51. The van der Waals surface area contributed by atoms with Crippen molar-refractivity contribution in [3.05, 3.63) is 46.8 Å². The SMILES string of the molecule is CC1=N[N+](c2ccc(C(=O)NCCO)cc2)(C2CCCCC2)c2sccc21. The summed E-state index contributed by atoms with van der Waals surface area (Å²) in [6.45, 7) is 2.32. The van der Waals surface area contributed by atoms with Crippen molar-refractivity contribution in [3.63, 3.8) is 0 Å². The van der Waals surface area contributed by atoms with E-state index in [-0.39, 0.29) is 19.1 Å². The number of hydrogen-bond acceptors (Lipinski definition) is 4. The van der Waals surface area contributed by atoms with E-state index in [0.717, 1.165) is 11.4 Å². The fourth-order valence-electron chi connectivity index (χ4n) is 4.38. The molecule has 142 valence electrons. The molecule has 1 unspecified atom stereocenters. The van der Waals surface area contributed by atoms with E-state index in [4.69, 9.17) is 10.2 Å². The van der Waals surface area contributed by atoms with E-state index >= 15 is 0 Å². The van der Waals surface area contributed by atoms with Gasteiger partial charge in [-0.1, -0.05) is 22.9 Å². The van der Waals surface area contributed by atoms with Crippen LogP contribution in [-0.2, 0) is 0 Å². The van der Waals surface area contributed by atoms with E-state index in [2.05, 4.69) is 23.7 Å². The summed E-state index contributed by atoms with van der Waals surface area (Å²) in [7, 11) is 0. The van der Waals surface area contributed by atoms with Crippen LogP contribution in [0.25, 0.3) is 0 Å². The first-order valence-corrected chi connectivity index (χ1v) is 10.6. The van der Waals surface area contributed by atoms with Crippen LogP contribution in [0, 0.1) is 0 Å². The van der Waals surface area contributed by atoms with E-state index in [1.54, 1.807) is 11.3 Å². The molecule has 1 aromatic heterocycles. The zero-order valence-corrected chi connectivity index (χ0v) is 16.5. The third-order valence-electron chi connectivity index (χ3n) is 5.68. The minimum Gasteiger partial charge on any atom is -0.395 e. The van der Waals surface area contributed by atoms with E-state index in [1.165, 1.54) is 42.7 Å². The third-order valence-corrected chi connectivity index (χ3v) is 6.67. The van der Waals surface area contributed by atoms with Crippen molar-refractivity contribution in [2.45, 2.75) is 45.1 Å². The molecule has 1 atom stereocenters. The molecule has 27 heavy (non-hydrogen) atoms. The van der Waals surface area contributed by atoms with Crippen LogP contribution in [0.5, 0.6) is 0 Å². The average molecular weight is 385 g/mol. The van der Waals surface area contributed by atoms with Crippen molar-refractivity contribution in [3.8, 4) is 0 Å². The maximum Gasteiger partial charge on any atom is 0.251 e. The van der Waals surface area contributed by atoms with Gasteiger partial charge in [-0.25, -0.2) is 0 Å². The molecule has 2 heterocycles. The molecule has 5 nitrogen and oxygen atoms in total. The lowest BCUT2D eigenvalue weighted by Gasteiger charge is -2.37. The summed E-state index contributed by atoms with van der Waals surface area (Å²) in [4.78, 5) is 12.2. The molecular formula is C21H26N3O2S+. The van der Waals surface area contributed by atoms with Crippen molar-refractivity contribution in [2.24, 2.45) is 5.10 Å². The van der Waals surface area contributed by atoms with Crippen LogP contribution in [0.2, 0.25) is 0 Å². The Morgan fingerprint density at radius 3 is 2.67 bits per heavy atom. The van der Waals surface area contributed by atoms with Crippen LogP contribution in [0.15, 0.2) is 40.8 Å². The maximum absolute atomic E-state index is 12.2. The zero-order chi connectivity index (χ0) is 18.9. The lowest BCUT2D eigenvalue weighted by atomic mass is 9.93. The number of hydrogen-bond donors (Lipinski definition) is 2. The summed E-state index contributed by atoms with van der Waals surface area (Å²) in [5.41, 5.74) is 4.10. The number of aliphatic hydroxyl groups is 1. The number of rotatable bonds is 5. The number of nitrogens with zero attached hydrogens (tertiary/aromatic N) is 2. The number of fused-ring (bicyclic) bond motifs is 1. The van der Waals surface area contributed by atoms with Gasteiger partial charge < -0.3 is 10.4 Å². The van der Waals surface area contributed by atoms with Gasteiger partial charge in [0.1, 0.15) is 11.8 Å². The molecule has 1 aromatic carbocycles. The van der Waals surface area contributed by atoms with E-state index < -0.39 is 0 Å². The Labute approximate surface area is 163 Å². The standard InChI is InChI=1S/C21H25N3O2S/c1-15-19-11-14-27-21(19)24(23-15,17-5-3-2-4-6-17)18-9-7-16(8-10-18)20(26)22-12-13-25/h7-11,14,17,25H,2-6,12-13H2,1H3/p+1. The highest BCUT2D eigenvalue weighted by Crippen LogP contribution is 2.50. The van der Waals surface area contributed by atoms with Gasteiger partial charge in [0.15, 0.2) is 5.69 Å². The summed E-state index contributed by atoms with van der Waals surface area (Å²) in [6, 6.07) is 10.5. The molecule has 1 aliphatic heterocycles. The molecule has 6 heteroatoms. The highest BCUT2D eigenvalue weighted by molar-refractivity contribution is 7.14. The summed E-state index contributed by atoms with van der Waals surface area (Å²) in [5, 5.41) is 20.3. The predicted molar refractivity (Wildman–Crippen MR) is 111 cm³/mol. The number of aliphatic hydroxyl groups excluding tert-OH is 1. The van der Waals surface area contributed by atoms with Gasteiger partial charge >= 0.3 is 0 Å². The van der Waals surface area contributed by atoms with Crippen molar-refractivity contribution >= 4 is 33.6 Å². The second kappa shape index (κ2) is 7.54. The minimum absolute atomic E-state index is 0.0549. The molecule has 2 N–H and O–H groups in total. The first-order valence-electron chi connectivity index (χ1n) is 9.70. The van der Waals surface area contributed by atoms with Gasteiger partial charge in [-0.3, -0.25) is 4.79 Å². The Bertz CT molecular complexity index is 853. The molecule has 1 fully saturated rings. The smallest absolute Gasteiger partial charge is 0.251 e. The molecule has 0 saturated heterocycles. The first-order chi connectivity index (χ1) is 13.2. The highest BCUT2D eigenvalue weighted by Gasteiger charge is 2.49. The van der Waals surface area contributed by atoms with Gasteiger partial charge in [0.25, 0.3) is 5.91 Å². The molecule has 0 spiro atoms. The zero-order valence-electron chi connectivity index (χ0n) is 15.6. The first kappa shape index (κ1) is 18.3. The van der Waals surface area contributed by atoms with E-state index in [9.17, 15) is 4.79 Å². The van der Waals surface area contributed by atoms with Gasteiger partial charge in [-0.2, -0.15) is 0 Å². The maximum atomic E-state index is 12.2. The van der Waals surface area contributed by atoms with Crippen molar-refractivity contribution in [1.82, 2.24) is 9.91 Å². The third kappa shape index (κ3) is 3.12. The molecule has 1 amide bonds. The van der Waals surface area contributed by atoms with Crippen LogP contribution >= 0.6 is 11.3 Å². The summed E-state index contributed by atoms with van der Waals surface area (Å²) in [5.74, 6) is -0.155. The Morgan fingerprint density at radius 1 is 1.22 bits per heavy atom. The Hall–Kier alpha value is -2.02.